The number of piperazine rings is 1. The number of benzene rings is 2. The molecule has 1 aliphatic carbocycles. The van der Waals surface area contributed by atoms with E-state index in [0.717, 1.165) is 49.1 Å². The fourth-order valence-corrected chi connectivity index (χ4v) is 7.34. The van der Waals surface area contributed by atoms with Crippen molar-refractivity contribution in [3.8, 4) is 0 Å². The van der Waals surface area contributed by atoms with E-state index in [1.54, 1.807) is 11.3 Å². The zero-order valence-electron chi connectivity index (χ0n) is 23.7. The highest BCUT2D eigenvalue weighted by Crippen LogP contribution is 2.37. The summed E-state index contributed by atoms with van der Waals surface area (Å²) in [6.07, 6.45) is 13.3. The fourth-order valence-electron chi connectivity index (χ4n) is 6.33. The molecule has 2 aliphatic rings. The maximum absolute atomic E-state index is 4.95. The molecule has 0 bridgehead atoms. The number of aromatic nitrogens is 5. The average Bonchev–Trinajstić information content (AvgIpc) is 3.67. The molecule has 7 nitrogen and oxygen atoms in total. The molecule has 8 heteroatoms. The smallest absolute Gasteiger partial charge is 0.186 e. The number of para-hydroxylation sites is 1. The first kappa shape index (κ1) is 27.1. The zero-order chi connectivity index (χ0) is 27.1. The lowest BCUT2D eigenvalue weighted by Crippen LogP contribution is -2.48. The lowest BCUT2D eigenvalue weighted by atomic mass is 9.93. The molecule has 1 atom stereocenters. The summed E-state index contributed by atoms with van der Waals surface area (Å²) in [5, 5.41) is 14.8. The number of nitrogens with zero attached hydrogens (tertiary/aromatic N) is 7. The number of hydrogen-bond acceptors (Lipinski definition) is 7. The minimum Gasteiger partial charge on any atom is -0.345 e. The average molecular weight is 556 g/mol. The van der Waals surface area contributed by atoms with Crippen LogP contribution in [0.5, 0.6) is 0 Å². The van der Waals surface area contributed by atoms with Crippen LogP contribution in [0.15, 0.2) is 60.2 Å². The van der Waals surface area contributed by atoms with Gasteiger partial charge in [0, 0.05) is 26.2 Å². The van der Waals surface area contributed by atoms with Gasteiger partial charge in [0.05, 0.1) is 22.3 Å². The molecular formula is C32H41N7S. The predicted molar refractivity (Wildman–Crippen MR) is 165 cm³/mol. The maximum Gasteiger partial charge on any atom is 0.186 e. The van der Waals surface area contributed by atoms with Crippen molar-refractivity contribution in [1.29, 1.82) is 0 Å². The van der Waals surface area contributed by atoms with E-state index in [2.05, 4.69) is 92.5 Å². The molecule has 0 unspecified atom stereocenters. The van der Waals surface area contributed by atoms with Gasteiger partial charge >= 0.3 is 0 Å². The van der Waals surface area contributed by atoms with Gasteiger partial charge in [-0.2, -0.15) is 0 Å². The Morgan fingerprint density at radius 1 is 0.950 bits per heavy atom. The molecule has 0 amide bonds. The van der Waals surface area contributed by atoms with Crippen molar-refractivity contribution >= 4 is 32.8 Å². The Kier molecular flexibility index (Phi) is 8.83. The van der Waals surface area contributed by atoms with Crippen LogP contribution in [0.2, 0.25) is 0 Å². The van der Waals surface area contributed by atoms with E-state index in [4.69, 9.17) is 10.1 Å². The summed E-state index contributed by atoms with van der Waals surface area (Å²) in [7, 11) is 0. The van der Waals surface area contributed by atoms with E-state index in [1.807, 2.05) is 0 Å². The van der Waals surface area contributed by atoms with Gasteiger partial charge in [-0.05, 0) is 59.4 Å². The van der Waals surface area contributed by atoms with E-state index in [-0.39, 0.29) is 6.04 Å². The SMILES string of the molecule is CCCCC/C(=C\c1ccccc1)[C@@H](c1nnnn1C1CCCCC1)N1CCN(c2nc3ccccc3s2)CC1. The minimum atomic E-state index is 0.0755. The Hall–Kier alpha value is -3.10. The van der Waals surface area contributed by atoms with Crippen LogP contribution in [0.4, 0.5) is 5.13 Å². The van der Waals surface area contributed by atoms with E-state index >= 15 is 0 Å². The molecule has 0 radical (unpaired) electrons. The Balaban J connectivity index is 1.32. The van der Waals surface area contributed by atoms with Crippen molar-refractivity contribution in [2.75, 3.05) is 31.1 Å². The molecule has 1 saturated carbocycles. The molecule has 210 valence electrons. The quantitative estimate of drug-likeness (QED) is 0.191. The number of unbranched alkanes of at least 4 members (excludes halogenated alkanes) is 2. The zero-order valence-corrected chi connectivity index (χ0v) is 24.5. The van der Waals surface area contributed by atoms with Crippen molar-refractivity contribution < 1.29 is 0 Å². The first-order valence-electron chi connectivity index (χ1n) is 15.2. The van der Waals surface area contributed by atoms with Gasteiger partial charge in [-0.25, -0.2) is 9.67 Å². The molecule has 2 fully saturated rings. The van der Waals surface area contributed by atoms with Gasteiger partial charge in [0.25, 0.3) is 0 Å². The summed E-state index contributed by atoms with van der Waals surface area (Å²) in [5.74, 6) is 1.03. The summed E-state index contributed by atoms with van der Waals surface area (Å²) in [6.45, 7) is 6.10. The third kappa shape index (κ3) is 6.13. The van der Waals surface area contributed by atoms with Crippen LogP contribution in [0, 0.1) is 0 Å². The highest BCUT2D eigenvalue weighted by molar-refractivity contribution is 7.22. The normalized spacial score (nSPS) is 18.4. The molecule has 2 aromatic heterocycles. The van der Waals surface area contributed by atoms with Crippen LogP contribution in [0.3, 0.4) is 0 Å². The third-order valence-corrected chi connectivity index (χ3v) is 9.58. The van der Waals surface area contributed by atoms with Gasteiger partial charge in [-0.3, -0.25) is 4.90 Å². The standard InChI is InChI=1S/C32H41N7S/c1-2-3-6-15-26(24-25-13-7-4-8-14-25)30(31-34-35-36-39(31)27-16-9-5-10-17-27)37-20-22-38(23-21-37)32-33-28-18-11-12-19-29(28)40-32/h4,7-8,11-14,18-19,24,27,30H,2-3,5-6,9-10,15-17,20-23H2,1H3/b26-24+/t30-/m0/s1. The van der Waals surface area contributed by atoms with Crippen molar-refractivity contribution in [1.82, 2.24) is 30.1 Å². The van der Waals surface area contributed by atoms with Crippen molar-refractivity contribution in [2.24, 2.45) is 0 Å². The van der Waals surface area contributed by atoms with Crippen molar-refractivity contribution in [2.45, 2.75) is 76.8 Å². The molecule has 6 rings (SSSR count). The summed E-state index contributed by atoms with van der Waals surface area (Å²) in [4.78, 5) is 10.0. The number of rotatable bonds is 10. The highest BCUT2D eigenvalue weighted by atomic mass is 32.1. The fraction of sp³-hybridized carbons (Fsp3) is 0.500. The van der Waals surface area contributed by atoms with Crippen molar-refractivity contribution in [3.63, 3.8) is 0 Å². The number of hydrogen-bond donors (Lipinski definition) is 0. The van der Waals surface area contributed by atoms with Gasteiger partial charge in [0.2, 0.25) is 0 Å². The Morgan fingerprint density at radius 3 is 2.50 bits per heavy atom. The third-order valence-electron chi connectivity index (χ3n) is 8.49. The molecule has 0 spiro atoms. The van der Waals surface area contributed by atoms with Gasteiger partial charge in [-0.1, -0.05) is 98.9 Å². The van der Waals surface area contributed by atoms with Gasteiger partial charge < -0.3 is 4.90 Å². The lowest BCUT2D eigenvalue weighted by molar-refractivity contribution is 0.188. The molecule has 2 aromatic carbocycles. The van der Waals surface area contributed by atoms with Gasteiger partial charge in [-0.15, -0.1) is 5.10 Å². The first-order chi connectivity index (χ1) is 19.8. The summed E-state index contributed by atoms with van der Waals surface area (Å²) >= 11 is 1.80. The first-order valence-corrected chi connectivity index (χ1v) is 16.0. The van der Waals surface area contributed by atoms with E-state index < -0.39 is 0 Å². The molecular weight excluding hydrogens is 514 g/mol. The topological polar surface area (TPSA) is 63.0 Å². The van der Waals surface area contributed by atoms with Gasteiger partial charge in [0.15, 0.2) is 11.0 Å². The van der Waals surface area contributed by atoms with Crippen molar-refractivity contribution in [3.05, 3.63) is 71.6 Å². The van der Waals surface area contributed by atoms with Gasteiger partial charge in [0.1, 0.15) is 0 Å². The Morgan fingerprint density at radius 2 is 1.73 bits per heavy atom. The largest absolute Gasteiger partial charge is 0.345 e. The number of anilines is 1. The maximum atomic E-state index is 4.95. The molecule has 1 saturated heterocycles. The second-order valence-electron chi connectivity index (χ2n) is 11.3. The molecule has 3 heterocycles. The number of fused-ring (bicyclic) bond motifs is 1. The summed E-state index contributed by atoms with van der Waals surface area (Å²) < 4.78 is 3.45. The van der Waals surface area contributed by atoms with Crippen LogP contribution in [-0.2, 0) is 0 Å². The lowest BCUT2D eigenvalue weighted by Gasteiger charge is -2.40. The minimum absolute atomic E-state index is 0.0755. The van der Waals surface area contributed by atoms with Crippen LogP contribution in [0.1, 0.15) is 88.2 Å². The number of tetrazole rings is 1. The second kappa shape index (κ2) is 13.0. The van der Waals surface area contributed by atoms with E-state index in [0.29, 0.717) is 6.04 Å². The molecule has 0 N–H and O–H groups in total. The summed E-state index contributed by atoms with van der Waals surface area (Å²) in [5.41, 5.74) is 3.78. The van der Waals surface area contributed by atoms with Crippen LogP contribution in [0.25, 0.3) is 16.3 Å². The van der Waals surface area contributed by atoms with E-state index in [1.165, 1.54) is 67.2 Å². The summed E-state index contributed by atoms with van der Waals surface area (Å²) in [6, 6.07) is 19.7. The highest BCUT2D eigenvalue weighted by Gasteiger charge is 2.34. The monoisotopic (exact) mass is 555 g/mol. The Labute approximate surface area is 241 Å². The van der Waals surface area contributed by atoms with Crippen LogP contribution < -0.4 is 4.90 Å². The molecule has 40 heavy (non-hydrogen) atoms. The molecule has 4 aromatic rings. The second-order valence-corrected chi connectivity index (χ2v) is 12.3. The predicted octanol–water partition coefficient (Wildman–Crippen LogP) is 7.32. The molecule has 1 aliphatic heterocycles. The van der Waals surface area contributed by atoms with Crippen LogP contribution in [-0.4, -0.2) is 56.3 Å². The number of thiazole rings is 1. The van der Waals surface area contributed by atoms with Crippen LogP contribution >= 0.6 is 11.3 Å². The Bertz CT molecular complexity index is 1350. The van der Waals surface area contributed by atoms with E-state index in [9.17, 15) is 0 Å².